The predicted molar refractivity (Wildman–Crippen MR) is 159 cm³/mol. The Morgan fingerprint density at radius 3 is 2.50 bits per heavy atom. The van der Waals surface area contributed by atoms with Crippen molar-refractivity contribution in [2.24, 2.45) is 11.8 Å². The lowest BCUT2D eigenvalue weighted by Crippen LogP contribution is -2.57. The monoisotopic (exact) mass is 572 g/mol. The van der Waals surface area contributed by atoms with E-state index in [2.05, 4.69) is 27.7 Å². The maximum absolute atomic E-state index is 14.2. The third-order valence-corrected chi connectivity index (χ3v) is 9.25. The van der Waals surface area contributed by atoms with Crippen molar-refractivity contribution < 1.29 is 23.9 Å². The minimum Gasteiger partial charge on any atom is -0.497 e. The quantitative estimate of drug-likeness (QED) is 0.424. The van der Waals surface area contributed by atoms with Gasteiger partial charge in [-0.15, -0.1) is 0 Å². The van der Waals surface area contributed by atoms with Gasteiger partial charge in [0.05, 0.1) is 25.0 Å². The van der Waals surface area contributed by atoms with Crippen LogP contribution in [0.25, 0.3) is 0 Å². The van der Waals surface area contributed by atoms with E-state index in [-0.39, 0.29) is 23.8 Å². The van der Waals surface area contributed by atoms with Crippen LogP contribution in [0.15, 0.2) is 66.7 Å². The van der Waals surface area contributed by atoms with Crippen molar-refractivity contribution in [1.29, 1.82) is 0 Å². The molecule has 2 aromatic rings. The molecule has 6 rings (SSSR count). The van der Waals surface area contributed by atoms with Crippen molar-refractivity contribution in [3.8, 4) is 5.75 Å². The number of fused-ring (bicyclic) bond motifs is 1. The lowest BCUT2D eigenvalue weighted by molar-refractivity contribution is -0.141. The van der Waals surface area contributed by atoms with Gasteiger partial charge in [0.1, 0.15) is 17.4 Å². The number of nitrogens with one attached hydrogen (secondary N) is 2. The lowest BCUT2D eigenvalue weighted by atomic mass is 9.74. The summed E-state index contributed by atoms with van der Waals surface area (Å²) in [4.78, 5) is 45.7. The fourth-order valence-corrected chi connectivity index (χ4v) is 7.19. The number of likely N-dealkylation sites (tertiary alicyclic amines) is 1. The predicted octanol–water partition coefficient (Wildman–Crippen LogP) is 3.37. The first kappa shape index (κ1) is 28.4. The Labute approximate surface area is 247 Å². The molecule has 2 saturated heterocycles. The Bertz CT molecular complexity index is 1330. The largest absolute Gasteiger partial charge is 0.497 e. The molecule has 42 heavy (non-hydrogen) atoms. The highest BCUT2D eigenvalue weighted by atomic mass is 16.5. The molecule has 2 N–H and O–H groups in total. The van der Waals surface area contributed by atoms with Crippen LogP contribution in [0.1, 0.15) is 37.7 Å². The first-order valence-corrected chi connectivity index (χ1v) is 15.0. The van der Waals surface area contributed by atoms with Gasteiger partial charge in [-0.2, -0.15) is 0 Å². The highest BCUT2D eigenvalue weighted by molar-refractivity contribution is 6.02. The van der Waals surface area contributed by atoms with Crippen LogP contribution < -0.4 is 15.4 Å². The van der Waals surface area contributed by atoms with E-state index in [9.17, 15) is 14.4 Å². The zero-order chi connectivity index (χ0) is 29.3. The van der Waals surface area contributed by atoms with Gasteiger partial charge in [-0.25, -0.2) is 0 Å². The van der Waals surface area contributed by atoms with E-state index >= 15 is 0 Å². The summed E-state index contributed by atoms with van der Waals surface area (Å²) in [6, 6.07) is 16.5. The third kappa shape index (κ3) is 5.31. The number of rotatable bonds is 10. The number of hydrogen-bond acceptors (Lipinski definition) is 6. The summed E-state index contributed by atoms with van der Waals surface area (Å²) >= 11 is 0. The molecule has 3 amide bonds. The van der Waals surface area contributed by atoms with E-state index in [1.165, 1.54) is 12.0 Å². The van der Waals surface area contributed by atoms with Crippen molar-refractivity contribution in [3.63, 3.8) is 0 Å². The van der Waals surface area contributed by atoms with E-state index in [1.807, 2.05) is 37.4 Å². The summed E-state index contributed by atoms with van der Waals surface area (Å²) in [5.74, 6) is -1.50. The van der Waals surface area contributed by atoms with Crippen LogP contribution in [0.4, 0.5) is 5.69 Å². The molecule has 4 aliphatic rings. The Balaban J connectivity index is 1.24. The van der Waals surface area contributed by atoms with Crippen molar-refractivity contribution in [2.75, 3.05) is 32.6 Å². The van der Waals surface area contributed by atoms with E-state index in [0.717, 1.165) is 32.2 Å². The van der Waals surface area contributed by atoms with Gasteiger partial charge >= 0.3 is 0 Å². The molecule has 5 unspecified atom stereocenters. The summed E-state index contributed by atoms with van der Waals surface area (Å²) < 4.78 is 11.7. The Morgan fingerprint density at radius 2 is 1.79 bits per heavy atom. The van der Waals surface area contributed by atoms with E-state index in [0.29, 0.717) is 24.5 Å². The molecule has 1 spiro atoms. The van der Waals surface area contributed by atoms with Gasteiger partial charge in [0.2, 0.25) is 17.7 Å². The maximum Gasteiger partial charge on any atom is 0.246 e. The number of carbonyl (C=O) groups excluding carboxylic acids is 3. The van der Waals surface area contributed by atoms with Crippen LogP contribution >= 0.6 is 0 Å². The molecular weight excluding hydrogens is 532 g/mol. The summed E-state index contributed by atoms with van der Waals surface area (Å²) in [5.41, 5.74) is 0.619. The van der Waals surface area contributed by atoms with Crippen LogP contribution in [-0.4, -0.2) is 78.6 Å². The number of nitrogens with zero attached hydrogens (tertiary/aromatic N) is 2. The molecule has 5 atom stereocenters. The van der Waals surface area contributed by atoms with Crippen LogP contribution in [0.3, 0.4) is 0 Å². The fraction of sp³-hybridized carbons (Fsp3) is 0.485. The molecule has 3 fully saturated rings. The highest BCUT2D eigenvalue weighted by Crippen LogP contribution is 2.55. The third-order valence-electron chi connectivity index (χ3n) is 9.25. The first-order chi connectivity index (χ1) is 20.4. The normalized spacial score (nSPS) is 28.3. The second-order valence-electron chi connectivity index (χ2n) is 12.0. The van der Waals surface area contributed by atoms with Gasteiger partial charge in [-0.05, 0) is 49.7 Å². The second-order valence-corrected chi connectivity index (χ2v) is 12.0. The van der Waals surface area contributed by atoms with Gasteiger partial charge in [0.15, 0.2) is 0 Å². The Kier molecular flexibility index (Phi) is 8.05. The smallest absolute Gasteiger partial charge is 0.246 e. The number of ether oxygens (including phenoxy) is 2. The second kappa shape index (κ2) is 11.9. The number of anilines is 1. The lowest BCUT2D eigenvalue weighted by Gasteiger charge is -2.34. The summed E-state index contributed by atoms with van der Waals surface area (Å²) in [5, 5.41) is 6.22. The number of methoxy groups -OCH3 is 1. The Morgan fingerprint density at radius 1 is 1.05 bits per heavy atom. The van der Waals surface area contributed by atoms with Crippen molar-refractivity contribution >= 4 is 23.4 Å². The molecule has 3 heterocycles. The zero-order valence-electron chi connectivity index (χ0n) is 24.3. The van der Waals surface area contributed by atoms with Crippen molar-refractivity contribution in [3.05, 3.63) is 72.3 Å². The molecular formula is C33H40N4O5. The van der Waals surface area contributed by atoms with Crippen molar-refractivity contribution in [1.82, 2.24) is 15.1 Å². The topological polar surface area (TPSA) is 100 Å². The first-order valence-electron chi connectivity index (χ1n) is 15.0. The van der Waals surface area contributed by atoms with E-state index in [4.69, 9.17) is 9.47 Å². The number of amides is 3. The molecule has 1 saturated carbocycles. The molecule has 0 aromatic heterocycles. The fourth-order valence-electron chi connectivity index (χ4n) is 7.19. The number of likely N-dealkylation sites (N-methyl/N-ethyl adjacent to an activating group) is 1. The molecule has 9 heteroatoms. The molecule has 222 valence electrons. The number of carbonyl (C=O) groups is 3. The van der Waals surface area contributed by atoms with Gasteiger partial charge in [-0.1, -0.05) is 61.7 Å². The molecule has 9 nitrogen and oxygen atoms in total. The summed E-state index contributed by atoms with van der Waals surface area (Å²) in [6.45, 7) is 1.66. The average Bonchev–Trinajstić information content (AvgIpc) is 3.64. The van der Waals surface area contributed by atoms with Crippen molar-refractivity contribution in [2.45, 2.75) is 62.4 Å². The summed E-state index contributed by atoms with van der Waals surface area (Å²) in [6.07, 6.45) is 8.39. The molecule has 2 bridgehead atoms. The minimum atomic E-state index is -1.17. The molecule has 1 aliphatic carbocycles. The highest BCUT2D eigenvalue weighted by Gasteiger charge is 2.72. The van der Waals surface area contributed by atoms with Crippen LogP contribution in [0, 0.1) is 11.8 Å². The average molecular weight is 573 g/mol. The van der Waals surface area contributed by atoms with E-state index < -0.39 is 29.6 Å². The van der Waals surface area contributed by atoms with Crippen LogP contribution in [0.2, 0.25) is 0 Å². The number of benzene rings is 2. The molecule has 2 aromatic carbocycles. The SMILES string of the molecule is COc1ccc(NC(=O)C2C3C=CC4(O3)C2C(=O)N(CCN(C)Cc2ccccc2)C4C(=O)NC2CCCCC2)cc1. The zero-order valence-corrected chi connectivity index (χ0v) is 24.3. The standard InChI is InChI=1S/C33H40N4O5/c1-36(21-22-9-5-3-6-10-22)19-20-37-29(31(39)35-23-11-7-4-8-12-23)33-18-17-26(42-33)27(28(33)32(37)40)30(38)34-24-13-15-25(41-2)16-14-24/h3,5-6,9-10,13-18,23,26-29H,4,7-8,11-12,19-21H2,1-2H3,(H,34,38)(H,35,39). The minimum absolute atomic E-state index is 0.0937. The summed E-state index contributed by atoms with van der Waals surface area (Å²) in [7, 11) is 3.60. The van der Waals surface area contributed by atoms with Crippen LogP contribution in [0.5, 0.6) is 5.75 Å². The van der Waals surface area contributed by atoms with Gasteiger partial charge in [0, 0.05) is 31.4 Å². The van der Waals surface area contributed by atoms with Crippen LogP contribution in [-0.2, 0) is 25.7 Å². The maximum atomic E-state index is 14.2. The van der Waals surface area contributed by atoms with Gasteiger partial charge in [0.25, 0.3) is 0 Å². The number of hydrogen-bond donors (Lipinski definition) is 2. The Hall–Kier alpha value is -3.69. The molecule has 0 radical (unpaired) electrons. The van der Waals surface area contributed by atoms with Gasteiger partial charge < -0.3 is 29.9 Å². The van der Waals surface area contributed by atoms with E-state index in [1.54, 1.807) is 36.3 Å². The van der Waals surface area contributed by atoms with Gasteiger partial charge in [-0.3, -0.25) is 14.4 Å². The molecule has 3 aliphatic heterocycles.